The van der Waals surface area contributed by atoms with Crippen LogP contribution in [0.25, 0.3) is 4.96 Å². The molecule has 1 fully saturated rings. The van der Waals surface area contributed by atoms with Crippen molar-refractivity contribution >= 4 is 16.3 Å². The van der Waals surface area contributed by atoms with Crippen LogP contribution in [0.15, 0.2) is 22.4 Å². The minimum atomic E-state index is 0.0200. The Kier molecular flexibility index (Phi) is 4.67. The molecule has 1 unspecified atom stereocenters. The summed E-state index contributed by atoms with van der Waals surface area (Å²) in [5.74, 6) is 0.713. The van der Waals surface area contributed by atoms with Crippen molar-refractivity contribution < 1.29 is 0 Å². The van der Waals surface area contributed by atoms with Crippen LogP contribution < -0.4 is 10.9 Å². The molecule has 1 N–H and O–H groups in total. The van der Waals surface area contributed by atoms with Gasteiger partial charge in [0.15, 0.2) is 4.96 Å². The molecule has 6 heteroatoms. The molecule has 0 radical (unpaired) electrons. The summed E-state index contributed by atoms with van der Waals surface area (Å²) in [7, 11) is 0. The van der Waals surface area contributed by atoms with E-state index in [0.717, 1.165) is 43.4 Å². The Hall–Kier alpha value is -1.24. The second-order valence-electron chi connectivity index (χ2n) is 5.68. The molecule has 0 bridgehead atoms. The summed E-state index contributed by atoms with van der Waals surface area (Å²) in [4.78, 5) is 19.8. The SMILES string of the molecule is CCN(Cc1cc(=O)n2ccsc2n1)CC1CCCNC1. The Morgan fingerprint density at radius 2 is 2.48 bits per heavy atom. The fraction of sp³-hybridized carbons (Fsp3) is 0.600. The van der Waals surface area contributed by atoms with E-state index in [2.05, 4.69) is 22.1 Å². The van der Waals surface area contributed by atoms with E-state index in [1.54, 1.807) is 16.7 Å². The monoisotopic (exact) mass is 306 g/mol. The molecule has 5 nitrogen and oxygen atoms in total. The second-order valence-corrected chi connectivity index (χ2v) is 6.55. The standard InChI is InChI=1S/C15H22N4OS/c1-2-18(10-12-4-3-5-16-9-12)11-13-8-14(20)19-6-7-21-15(19)17-13/h6-8,12,16H,2-5,9-11H2,1H3. The predicted molar refractivity (Wildman–Crippen MR) is 85.9 cm³/mol. The number of hydrogen-bond donors (Lipinski definition) is 1. The molecule has 0 aliphatic carbocycles. The number of rotatable bonds is 5. The van der Waals surface area contributed by atoms with Gasteiger partial charge in [-0.1, -0.05) is 6.92 Å². The van der Waals surface area contributed by atoms with Gasteiger partial charge < -0.3 is 5.32 Å². The lowest BCUT2D eigenvalue weighted by molar-refractivity contribution is 0.208. The Morgan fingerprint density at radius 3 is 3.24 bits per heavy atom. The van der Waals surface area contributed by atoms with Gasteiger partial charge >= 0.3 is 0 Å². The zero-order chi connectivity index (χ0) is 14.7. The van der Waals surface area contributed by atoms with Gasteiger partial charge in [0.05, 0.1) is 5.69 Å². The maximum Gasteiger partial charge on any atom is 0.258 e. The van der Waals surface area contributed by atoms with E-state index in [1.165, 1.54) is 24.2 Å². The van der Waals surface area contributed by atoms with Crippen LogP contribution in [0.2, 0.25) is 0 Å². The molecule has 1 aliphatic rings. The zero-order valence-corrected chi connectivity index (χ0v) is 13.2. The first kappa shape index (κ1) is 14.7. The Balaban J connectivity index is 1.70. The van der Waals surface area contributed by atoms with Crippen molar-refractivity contribution in [2.75, 3.05) is 26.2 Å². The molecular formula is C15H22N4OS. The maximum absolute atomic E-state index is 12.0. The van der Waals surface area contributed by atoms with Crippen molar-refractivity contribution in [2.24, 2.45) is 5.92 Å². The molecule has 3 heterocycles. The minimum absolute atomic E-state index is 0.0200. The molecule has 21 heavy (non-hydrogen) atoms. The number of nitrogens with zero attached hydrogens (tertiary/aromatic N) is 3. The lowest BCUT2D eigenvalue weighted by atomic mass is 9.99. The molecule has 1 aliphatic heterocycles. The molecule has 0 spiro atoms. The van der Waals surface area contributed by atoms with E-state index in [-0.39, 0.29) is 5.56 Å². The predicted octanol–water partition coefficient (Wildman–Crippen LogP) is 1.58. The van der Waals surface area contributed by atoms with Crippen LogP contribution in [0.1, 0.15) is 25.5 Å². The van der Waals surface area contributed by atoms with Gasteiger partial charge in [-0.3, -0.25) is 14.1 Å². The molecule has 1 atom stereocenters. The van der Waals surface area contributed by atoms with Crippen LogP contribution in [0.4, 0.5) is 0 Å². The van der Waals surface area contributed by atoms with Gasteiger partial charge in [0.1, 0.15) is 0 Å². The van der Waals surface area contributed by atoms with Crippen LogP contribution >= 0.6 is 11.3 Å². The topological polar surface area (TPSA) is 49.6 Å². The summed E-state index contributed by atoms with van der Waals surface area (Å²) >= 11 is 1.51. The van der Waals surface area contributed by atoms with Gasteiger partial charge in [0.2, 0.25) is 0 Å². The number of hydrogen-bond acceptors (Lipinski definition) is 5. The zero-order valence-electron chi connectivity index (χ0n) is 12.4. The molecule has 2 aromatic heterocycles. The molecule has 2 aromatic rings. The molecule has 0 aromatic carbocycles. The van der Waals surface area contributed by atoms with Gasteiger partial charge in [-0.15, -0.1) is 11.3 Å². The largest absolute Gasteiger partial charge is 0.316 e. The van der Waals surface area contributed by atoms with Gasteiger partial charge in [-0.25, -0.2) is 4.98 Å². The van der Waals surface area contributed by atoms with E-state index in [0.29, 0.717) is 5.92 Å². The molecule has 1 saturated heterocycles. The van der Waals surface area contributed by atoms with Crippen LogP contribution in [-0.2, 0) is 6.54 Å². The van der Waals surface area contributed by atoms with E-state index in [9.17, 15) is 4.79 Å². The second kappa shape index (κ2) is 6.68. The van der Waals surface area contributed by atoms with E-state index >= 15 is 0 Å². The normalized spacial score (nSPS) is 19.4. The number of thiazole rings is 1. The van der Waals surface area contributed by atoms with Crippen LogP contribution in [0.5, 0.6) is 0 Å². The quantitative estimate of drug-likeness (QED) is 0.911. The lowest BCUT2D eigenvalue weighted by Crippen LogP contribution is -2.38. The lowest BCUT2D eigenvalue weighted by Gasteiger charge is -2.29. The van der Waals surface area contributed by atoms with E-state index < -0.39 is 0 Å². The molecule has 114 valence electrons. The Morgan fingerprint density at radius 1 is 1.57 bits per heavy atom. The van der Waals surface area contributed by atoms with Crippen molar-refractivity contribution in [3.05, 3.63) is 33.7 Å². The van der Waals surface area contributed by atoms with Crippen molar-refractivity contribution in [2.45, 2.75) is 26.3 Å². The summed E-state index contributed by atoms with van der Waals surface area (Å²) in [5.41, 5.74) is 0.903. The van der Waals surface area contributed by atoms with Gasteiger partial charge in [-0.2, -0.15) is 0 Å². The minimum Gasteiger partial charge on any atom is -0.316 e. The Labute approximate surface area is 128 Å². The van der Waals surface area contributed by atoms with Crippen molar-refractivity contribution in [3.8, 4) is 0 Å². The summed E-state index contributed by atoms with van der Waals surface area (Å²) in [6.07, 6.45) is 4.34. The highest BCUT2D eigenvalue weighted by atomic mass is 32.1. The van der Waals surface area contributed by atoms with E-state index in [1.807, 2.05) is 5.38 Å². The average Bonchev–Trinajstić information content (AvgIpc) is 2.96. The summed E-state index contributed by atoms with van der Waals surface area (Å²) < 4.78 is 1.61. The maximum atomic E-state index is 12.0. The number of piperidine rings is 1. The first-order valence-electron chi connectivity index (χ1n) is 7.65. The van der Waals surface area contributed by atoms with Gasteiger partial charge in [0.25, 0.3) is 5.56 Å². The first-order valence-corrected chi connectivity index (χ1v) is 8.53. The molecule has 0 saturated carbocycles. The summed E-state index contributed by atoms with van der Waals surface area (Å²) in [6, 6.07) is 1.67. The van der Waals surface area contributed by atoms with Crippen molar-refractivity contribution in [1.29, 1.82) is 0 Å². The van der Waals surface area contributed by atoms with E-state index in [4.69, 9.17) is 0 Å². The van der Waals surface area contributed by atoms with Gasteiger partial charge in [0, 0.05) is 30.7 Å². The van der Waals surface area contributed by atoms with Gasteiger partial charge in [-0.05, 0) is 38.4 Å². The third-order valence-corrected chi connectivity index (χ3v) is 4.86. The van der Waals surface area contributed by atoms with Crippen LogP contribution in [0.3, 0.4) is 0 Å². The molecular weight excluding hydrogens is 284 g/mol. The highest BCUT2D eigenvalue weighted by Crippen LogP contribution is 2.14. The Bertz CT molecular complexity index is 644. The molecule has 0 amide bonds. The highest BCUT2D eigenvalue weighted by molar-refractivity contribution is 7.15. The third kappa shape index (κ3) is 3.51. The molecule has 3 rings (SSSR count). The van der Waals surface area contributed by atoms with Crippen LogP contribution in [-0.4, -0.2) is 40.5 Å². The number of aromatic nitrogens is 2. The summed E-state index contributed by atoms with van der Waals surface area (Å²) in [5, 5.41) is 5.37. The average molecular weight is 306 g/mol. The highest BCUT2D eigenvalue weighted by Gasteiger charge is 2.17. The smallest absolute Gasteiger partial charge is 0.258 e. The van der Waals surface area contributed by atoms with Crippen LogP contribution in [0, 0.1) is 5.92 Å². The third-order valence-electron chi connectivity index (χ3n) is 4.10. The van der Waals surface area contributed by atoms with Crippen molar-refractivity contribution in [1.82, 2.24) is 19.6 Å². The fourth-order valence-electron chi connectivity index (χ4n) is 2.95. The summed E-state index contributed by atoms with van der Waals surface area (Å²) in [6.45, 7) is 7.26. The van der Waals surface area contributed by atoms with Crippen molar-refractivity contribution in [3.63, 3.8) is 0 Å². The fourth-order valence-corrected chi connectivity index (χ4v) is 3.69. The number of nitrogens with one attached hydrogen (secondary N) is 1. The first-order chi connectivity index (χ1) is 10.3. The number of fused-ring (bicyclic) bond motifs is 1.